The monoisotopic (exact) mass is 517 g/mol. The average molecular weight is 518 g/mol. The van der Waals surface area contributed by atoms with E-state index in [0.717, 1.165) is 9.88 Å². The summed E-state index contributed by atoms with van der Waals surface area (Å²) in [4.78, 5) is 17.5. The van der Waals surface area contributed by atoms with Crippen LogP contribution < -0.4 is 16.4 Å². The van der Waals surface area contributed by atoms with E-state index in [1.807, 2.05) is 6.92 Å². The van der Waals surface area contributed by atoms with Gasteiger partial charge in [-0.25, -0.2) is 19.9 Å². The zero-order chi connectivity index (χ0) is 24.8. The molecular weight excluding hydrogens is 498 g/mol. The summed E-state index contributed by atoms with van der Waals surface area (Å²) in [5, 5.41) is 8.06. The molecule has 0 aromatic carbocycles. The number of halogens is 5. The third kappa shape index (κ3) is 8.52. The normalized spacial score (nSPS) is 11.7. The van der Waals surface area contributed by atoms with E-state index in [9.17, 15) is 13.2 Å². The van der Waals surface area contributed by atoms with E-state index < -0.39 is 6.18 Å². The molecule has 7 nitrogen and oxygen atoms in total. The molecule has 1 atom stereocenters. The first-order valence-electron chi connectivity index (χ1n) is 9.17. The summed E-state index contributed by atoms with van der Waals surface area (Å²) in [6.07, 6.45) is 0.662. The molecule has 3 heterocycles. The highest BCUT2D eigenvalue weighted by Crippen LogP contribution is 2.29. The molecule has 0 aliphatic heterocycles. The third-order valence-electron chi connectivity index (χ3n) is 3.69. The summed E-state index contributed by atoms with van der Waals surface area (Å²) < 4.78 is 31.1. The standard InChI is InChI=1S/C18H17Cl2N7S.C2H3F3/c1-9(27-14-5-4-12(19)6-22-14)13-7-23-18(28-13)11(3)26-10(2)16-15(20)17(21)25-8-24-16;1-2(3,4)5/h4-8,11,26H,1-2H2,3H3,(H,22,27)(H2,21,24,25);1H3/t11-;/m1./s1. The van der Waals surface area contributed by atoms with Crippen LogP contribution in [0, 0.1) is 0 Å². The second-order valence-corrected chi connectivity index (χ2v) is 8.45. The number of anilines is 2. The van der Waals surface area contributed by atoms with Crippen molar-refractivity contribution in [2.45, 2.75) is 26.1 Å². The van der Waals surface area contributed by atoms with Crippen molar-refractivity contribution in [3.8, 4) is 0 Å². The maximum Gasteiger partial charge on any atom is 0.386 e. The summed E-state index contributed by atoms with van der Waals surface area (Å²) in [5.41, 5.74) is 7.40. The van der Waals surface area contributed by atoms with E-state index in [4.69, 9.17) is 28.9 Å². The summed E-state index contributed by atoms with van der Waals surface area (Å²) in [6, 6.07) is 3.41. The average Bonchev–Trinajstić information content (AvgIpc) is 3.21. The van der Waals surface area contributed by atoms with Crippen LogP contribution in [0.15, 0.2) is 44.0 Å². The molecule has 13 heteroatoms. The number of nitrogens with zero attached hydrogens (tertiary/aromatic N) is 4. The van der Waals surface area contributed by atoms with Crippen molar-refractivity contribution < 1.29 is 13.2 Å². The molecule has 0 aliphatic rings. The lowest BCUT2D eigenvalue weighted by atomic mass is 10.2. The fourth-order valence-electron chi connectivity index (χ4n) is 2.28. The van der Waals surface area contributed by atoms with Crippen molar-refractivity contribution in [2.24, 2.45) is 0 Å². The lowest BCUT2D eigenvalue weighted by Gasteiger charge is -2.15. The number of thiazole rings is 1. The van der Waals surface area contributed by atoms with Crippen LogP contribution in [0.4, 0.5) is 24.8 Å². The Labute approximate surface area is 202 Å². The van der Waals surface area contributed by atoms with Gasteiger partial charge in [-0.3, -0.25) is 0 Å². The fraction of sp³-hybridized carbons (Fsp3) is 0.200. The molecule has 0 saturated heterocycles. The number of alkyl halides is 3. The Morgan fingerprint density at radius 2 is 1.76 bits per heavy atom. The van der Waals surface area contributed by atoms with Crippen LogP contribution in [-0.4, -0.2) is 26.1 Å². The van der Waals surface area contributed by atoms with E-state index in [1.54, 1.807) is 24.5 Å². The molecule has 0 unspecified atom stereocenters. The van der Waals surface area contributed by atoms with E-state index >= 15 is 0 Å². The number of rotatable bonds is 7. The lowest BCUT2D eigenvalue weighted by molar-refractivity contribution is -0.110. The molecule has 3 aromatic heterocycles. The topological polar surface area (TPSA) is 102 Å². The van der Waals surface area contributed by atoms with Gasteiger partial charge in [0, 0.05) is 19.3 Å². The van der Waals surface area contributed by atoms with Crippen LogP contribution in [-0.2, 0) is 0 Å². The second kappa shape index (κ2) is 11.3. The van der Waals surface area contributed by atoms with E-state index in [-0.39, 0.29) is 23.8 Å². The lowest BCUT2D eigenvalue weighted by Crippen LogP contribution is -2.17. The molecule has 0 amide bonds. The molecule has 0 fully saturated rings. The smallest absolute Gasteiger partial charge is 0.382 e. The van der Waals surface area contributed by atoms with Gasteiger partial charge in [0.15, 0.2) is 0 Å². The summed E-state index contributed by atoms with van der Waals surface area (Å²) in [7, 11) is 0. The van der Waals surface area contributed by atoms with Crippen molar-refractivity contribution in [1.82, 2.24) is 25.3 Å². The van der Waals surface area contributed by atoms with Crippen molar-refractivity contribution in [3.05, 3.63) is 69.6 Å². The number of nitrogens with two attached hydrogens (primary N) is 1. The highest BCUT2D eigenvalue weighted by molar-refractivity contribution is 7.12. The van der Waals surface area contributed by atoms with Gasteiger partial charge in [0.1, 0.15) is 33.7 Å². The molecule has 4 N–H and O–H groups in total. The van der Waals surface area contributed by atoms with Crippen molar-refractivity contribution in [1.29, 1.82) is 0 Å². The van der Waals surface area contributed by atoms with Gasteiger partial charge in [0.25, 0.3) is 0 Å². The number of aromatic nitrogens is 4. The van der Waals surface area contributed by atoms with E-state index in [2.05, 4.69) is 43.7 Å². The Balaban J connectivity index is 0.000000696. The fourth-order valence-corrected chi connectivity index (χ4v) is 3.45. The van der Waals surface area contributed by atoms with E-state index in [0.29, 0.717) is 27.9 Å². The molecule has 176 valence electrons. The molecule has 0 radical (unpaired) electrons. The van der Waals surface area contributed by atoms with Gasteiger partial charge in [0.2, 0.25) is 0 Å². The van der Waals surface area contributed by atoms with Crippen molar-refractivity contribution in [2.75, 3.05) is 11.1 Å². The SMILES string of the molecule is C=C(Nc1ccc(Cl)cn1)c1cnc([C@@H](C)NC(=C)c2ncnc(N)c2Cl)s1.CC(F)(F)F. The zero-order valence-corrected chi connectivity index (χ0v) is 19.9. The molecule has 33 heavy (non-hydrogen) atoms. The molecular formula is C20H20Cl2F3N7S. The highest BCUT2D eigenvalue weighted by Gasteiger charge is 2.17. The van der Waals surface area contributed by atoms with Crippen LogP contribution >= 0.6 is 34.5 Å². The Morgan fingerprint density at radius 3 is 2.36 bits per heavy atom. The van der Waals surface area contributed by atoms with Crippen LogP contribution in [0.25, 0.3) is 11.4 Å². The van der Waals surface area contributed by atoms with Crippen molar-refractivity contribution >= 4 is 57.6 Å². The second-order valence-electron chi connectivity index (χ2n) is 6.58. The number of pyridine rings is 1. The van der Waals surface area contributed by atoms with Crippen LogP contribution in [0.1, 0.15) is 35.5 Å². The first-order chi connectivity index (χ1) is 15.3. The number of hydrogen-bond acceptors (Lipinski definition) is 8. The van der Waals surface area contributed by atoms with Gasteiger partial charge in [0.05, 0.1) is 27.3 Å². The molecule has 3 aromatic rings. The van der Waals surface area contributed by atoms with Gasteiger partial charge in [-0.05, 0) is 19.1 Å². The van der Waals surface area contributed by atoms with Crippen molar-refractivity contribution in [3.63, 3.8) is 0 Å². The highest BCUT2D eigenvalue weighted by atomic mass is 35.5. The summed E-state index contributed by atoms with van der Waals surface area (Å²) in [5.74, 6) is 0.858. The zero-order valence-electron chi connectivity index (χ0n) is 17.5. The van der Waals surface area contributed by atoms with Gasteiger partial charge in [-0.15, -0.1) is 11.3 Å². The molecule has 0 aliphatic carbocycles. The van der Waals surface area contributed by atoms with Gasteiger partial charge < -0.3 is 16.4 Å². The van der Waals surface area contributed by atoms with E-state index in [1.165, 1.54) is 17.7 Å². The maximum absolute atomic E-state index is 10.4. The molecule has 0 bridgehead atoms. The third-order valence-corrected chi connectivity index (χ3v) is 5.53. The summed E-state index contributed by atoms with van der Waals surface area (Å²) >= 11 is 13.5. The van der Waals surface area contributed by atoms with Crippen LogP contribution in [0.2, 0.25) is 10.0 Å². The number of nitrogen functional groups attached to an aromatic ring is 1. The Morgan fingerprint density at radius 1 is 1.09 bits per heavy atom. The van der Waals surface area contributed by atoms with Gasteiger partial charge in [-0.1, -0.05) is 36.4 Å². The minimum absolute atomic E-state index is 0.125. The maximum atomic E-state index is 10.4. The number of hydrogen-bond donors (Lipinski definition) is 3. The summed E-state index contributed by atoms with van der Waals surface area (Å²) in [6.45, 7) is 10.2. The predicted octanol–water partition coefficient (Wildman–Crippen LogP) is 6.19. The van der Waals surface area contributed by atoms with Crippen LogP contribution in [0.5, 0.6) is 0 Å². The predicted molar refractivity (Wildman–Crippen MR) is 128 cm³/mol. The minimum atomic E-state index is -4.00. The largest absolute Gasteiger partial charge is 0.386 e. The minimum Gasteiger partial charge on any atom is -0.382 e. The van der Waals surface area contributed by atoms with Crippen LogP contribution in [0.3, 0.4) is 0 Å². The Kier molecular flexibility index (Phi) is 9.03. The molecule has 3 rings (SSSR count). The van der Waals surface area contributed by atoms with Gasteiger partial charge >= 0.3 is 6.18 Å². The first-order valence-corrected chi connectivity index (χ1v) is 10.7. The Hall–Kier alpha value is -2.89. The quantitative estimate of drug-likeness (QED) is 0.343. The van der Waals surface area contributed by atoms with Gasteiger partial charge in [-0.2, -0.15) is 13.2 Å². The first kappa shape index (κ1) is 26.4. The molecule has 0 saturated carbocycles. The molecule has 0 spiro atoms. The number of nitrogens with one attached hydrogen (secondary N) is 2. The Bertz CT molecular complexity index is 1110.